The van der Waals surface area contributed by atoms with Crippen molar-refractivity contribution in [3.05, 3.63) is 71.3 Å². The molecule has 3 atom stereocenters. The molecule has 0 aromatic heterocycles. The van der Waals surface area contributed by atoms with Crippen molar-refractivity contribution < 1.29 is 33.4 Å². The average Bonchev–Trinajstić information content (AvgIpc) is 2.96. The number of ether oxygens (including phenoxy) is 2. The number of alkyl carbamates (subject to hydrolysis) is 1. The second kappa shape index (κ2) is 17.2. The van der Waals surface area contributed by atoms with Crippen molar-refractivity contribution in [1.82, 2.24) is 15.5 Å². The molecule has 4 N–H and O–H groups in total. The van der Waals surface area contributed by atoms with Crippen LogP contribution in [0.15, 0.2) is 54.6 Å². The van der Waals surface area contributed by atoms with Gasteiger partial charge in [-0.2, -0.15) is 0 Å². The van der Waals surface area contributed by atoms with E-state index < -0.39 is 65.5 Å². The number of primary amides is 1. The lowest BCUT2D eigenvalue weighted by Crippen LogP contribution is -2.56. The summed E-state index contributed by atoms with van der Waals surface area (Å²) in [5.41, 5.74) is 5.18. The maximum atomic E-state index is 14.5. The summed E-state index contributed by atoms with van der Waals surface area (Å²) < 4.78 is 11.0. The van der Waals surface area contributed by atoms with E-state index in [1.165, 1.54) is 4.90 Å². The van der Waals surface area contributed by atoms with Crippen molar-refractivity contribution in [1.29, 1.82) is 0 Å². The van der Waals surface area contributed by atoms with Gasteiger partial charge in [-0.15, -0.1) is 6.42 Å². The summed E-state index contributed by atoms with van der Waals surface area (Å²) in [6.45, 7) is 12.1. The van der Waals surface area contributed by atoms with E-state index in [2.05, 4.69) is 16.6 Å². The number of hydrogen-bond donors (Lipinski definition) is 3. The van der Waals surface area contributed by atoms with Crippen molar-refractivity contribution in [2.75, 3.05) is 6.54 Å². The Hall–Kier alpha value is -4.85. The molecule has 4 amide bonds. The highest BCUT2D eigenvalue weighted by molar-refractivity contribution is 5.96. The second-order valence-electron chi connectivity index (χ2n) is 13.2. The van der Waals surface area contributed by atoms with Crippen molar-refractivity contribution in [2.45, 2.75) is 103 Å². The quantitative estimate of drug-likeness (QED) is 0.205. The summed E-state index contributed by atoms with van der Waals surface area (Å²) in [6.07, 6.45) is 5.56. The molecule has 11 heteroatoms. The number of rotatable bonds is 14. The fraction of sp³-hybridized carbons (Fsp3) is 0.472. The van der Waals surface area contributed by atoms with Gasteiger partial charge in [0.1, 0.15) is 29.3 Å². The lowest BCUT2D eigenvalue weighted by atomic mass is 9.96. The number of nitrogens with two attached hydrogens (primary N) is 1. The van der Waals surface area contributed by atoms with Gasteiger partial charge in [0.2, 0.25) is 17.7 Å². The van der Waals surface area contributed by atoms with E-state index in [0.717, 1.165) is 5.56 Å². The lowest BCUT2D eigenvalue weighted by Gasteiger charge is -2.35. The van der Waals surface area contributed by atoms with E-state index in [9.17, 15) is 24.0 Å². The molecule has 11 nitrogen and oxygen atoms in total. The molecule has 0 aliphatic carbocycles. The molecule has 0 heterocycles. The molecule has 47 heavy (non-hydrogen) atoms. The predicted octanol–water partition coefficient (Wildman–Crippen LogP) is 4.18. The molecular weight excluding hydrogens is 600 g/mol. The molecule has 2 aromatic rings. The van der Waals surface area contributed by atoms with Crippen LogP contribution in [-0.2, 0) is 35.1 Å². The highest BCUT2D eigenvalue weighted by Crippen LogP contribution is 2.27. The van der Waals surface area contributed by atoms with E-state index in [4.69, 9.17) is 21.6 Å². The number of amides is 4. The van der Waals surface area contributed by atoms with Crippen LogP contribution in [-0.4, -0.2) is 64.5 Å². The van der Waals surface area contributed by atoms with Crippen LogP contribution < -0.4 is 16.4 Å². The van der Waals surface area contributed by atoms with Gasteiger partial charge < -0.3 is 30.7 Å². The Balaban J connectivity index is 2.67. The molecule has 0 saturated carbocycles. The average molecular weight is 649 g/mol. The Morgan fingerprint density at radius 2 is 1.47 bits per heavy atom. The zero-order valence-corrected chi connectivity index (χ0v) is 28.4. The molecule has 0 spiro atoms. The number of benzene rings is 2. The minimum atomic E-state index is -1.46. The van der Waals surface area contributed by atoms with E-state index in [0.29, 0.717) is 24.0 Å². The van der Waals surface area contributed by atoms with Gasteiger partial charge in [-0.1, -0.05) is 67.8 Å². The fourth-order valence-electron chi connectivity index (χ4n) is 4.73. The van der Waals surface area contributed by atoms with Gasteiger partial charge in [0, 0.05) is 18.5 Å². The lowest BCUT2D eigenvalue weighted by molar-refractivity contribution is -0.159. The van der Waals surface area contributed by atoms with Crippen molar-refractivity contribution in [2.24, 2.45) is 5.73 Å². The first-order valence-corrected chi connectivity index (χ1v) is 15.7. The zero-order chi connectivity index (χ0) is 35.4. The Morgan fingerprint density at radius 3 is 2.02 bits per heavy atom. The van der Waals surface area contributed by atoms with Gasteiger partial charge in [0.05, 0.1) is 6.42 Å². The Kier molecular flexibility index (Phi) is 14.0. The first-order chi connectivity index (χ1) is 22.0. The summed E-state index contributed by atoms with van der Waals surface area (Å²) in [7, 11) is 0. The number of nitrogens with zero attached hydrogens (tertiary/aromatic N) is 1. The van der Waals surface area contributed by atoms with E-state index in [-0.39, 0.29) is 13.0 Å². The van der Waals surface area contributed by atoms with Gasteiger partial charge in [-0.25, -0.2) is 9.59 Å². The molecule has 0 fully saturated rings. The molecule has 0 radical (unpaired) electrons. The van der Waals surface area contributed by atoms with Crippen LogP contribution in [0.25, 0.3) is 0 Å². The first kappa shape index (κ1) is 38.3. The maximum Gasteiger partial charge on any atom is 0.408 e. The zero-order valence-electron chi connectivity index (χ0n) is 28.4. The van der Waals surface area contributed by atoms with Crippen LogP contribution in [0.1, 0.15) is 90.5 Å². The molecule has 2 aromatic carbocycles. The van der Waals surface area contributed by atoms with E-state index in [1.807, 2.05) is 37.3 Å². The van der Waals surface area contributed by atoms with Crippen LogP contribution in [0.5, 0.6) is 0 Å². The molecule has 0 aliphatic rings. The van der Waals surface area contributed by atoms with Crippen molar-refractivity contribution in [3.63, 3.8) is 0 Å². The Morgan fingerprint density at radius 1 is 0.872 bits per heavy atom. The first-order valence-electron chi connectivity index (χ1n) is 15.7. The number of carbonyl (C=O) groups is 5. The molecule has 3 unspecified atom stereocenters. The third-order valence-corrected chi connectivity index (χ3v) is 6.69. The van der Waals surface area contributed by atoms with Crippen LogP contribution in [0.4, 0.5) is 4.79 Å². The largest absolute Gasteiger partial charge is 0.458 e. The van der Waals surface area contributed by atoms with Crippen molar-refractivity contribution in [3.8, 4) is 12.3 Å². The minimum absolute atomic E-state index is 0.0490. The van der Waals surface area contributed by atoms with Gasteiger partial charge in [0.25, 0.3) is 0 Å². The van der Waals surface area contributed by atoms with Crippen molar-refractivity contribution >= 4 is 29.8 Å². The summed E-state index contributed by atoms with van der Waals surface area (Å²) in [6, 6.07) is 11.8. The van der Waals surface area contributed by atoms with E-state index in [1.54, 1.807) is 65.8 Å². The standard InChI is InChI=1S/C36H48N4O7/c1-9-11-21-40(32(43)27(23-29(37)41)39-34(45)47-36(6,7)8)30(26-20-16-15-19-25(26)10-2)31(42)38-28(33(44)46-35(3,4)5)22-24-17-13-12-14-18-24/h2,12-20,27-28,30H,9,11,21-23H2,1,3-8H3,(H2,37,41)(H,38,42)(H,39,45). The Bertz CT molecular complexity index is 1440. The summed E-state index contributed by atoms with van der Waals surface area (Å²) >= 11 is 0. The number of nitrogens with one attached hydrogen (secondary N) is 2. The summed E-state index contributed by atoms with van der Waals surface area (Å²) in [4.78, 5) is 68.4. The fourth-order valence-corrected chi connectivity index (χ4v) is 4.73. The second-order valence-corrected chi connectivity index (χ2v) is 13.2. The maximum absolute atomic E-state index is 14.5. The Labute approximate surface area is 277 Å². The molecule has 2 rings (SSSR count). The topological polar surface area (TPSA) is 157 Å². The van der Waals surface area contributed by atoms with Gasteiger partial charge in [0.15, 0.2) is 0 Å². The third-order valence-electron chi connectivity index (χ3n) is 6.69. The number of terminal acetylenes is 1. The normalized spacial score (nSPS) is 13.2. The van der Waals surface area contributed by atoms with Gasteiger partial charge in [-0.3, -0.25) is 14.4 Å². The molecular formula is C36H48N4O7. The van der Waals surface area contributed by atoms with Gasteiger partial charge in [-0.05, 0) is 65.2 Å². The molecule has 0 saturated heterocycles. The number of unbranched alkanes of at least 4 members (excludes halogenated alkanes) is 1. The molecule has 0 aliphatic heterocycles. The predicted molar refractivity (Wildman–Crippen MR) is 179 cm³/mol. The highest BCUT2D eigenvalue weighted by Gasteiger charge is 2.39. The van der Waals surface area contributed by atoms with Crippen LogP contribution >= 0.6 is 0 Å². The number of esters is 1. The van der Waals surface area contributed by atoms with Gasteiger partial charge >= 0.3 is 12.1 Å². The summed E-state index contributed by atoms with van der Waals surface area (Å²) in [5.74, 6) is -0.410. The van der Waals surface area contributed by atoms with E-state index >= 15 is 0 Å². The van der Waals surface area contributed by atoms with Crippen LogP contribution in [0.3, 0.4) is 0 Å². The highest BCUT2D eigenvalue weighted by atomic mass is 16.6. The molecule has 254 valence electrons. The number of carbonyl (C=O) groups excluding carboxylic acids is 5. The van der Waals surface area contributed by atoms with Crippen LogP contribution in [0.2, 0.25) is 0 Å². The summed E-state index contributed by atoms with van der Waals surface area (Å²) in [5, 5.41) is 5.27. The van der Waals surface area contributed by atoms with Crippen LogP contribution in [0, 0.1) is 12.3 Å². The smallest absolute Gasteiger partial charge is 0.408 e. The SMILES string of the molecule is C#Cc1ccccc1C(C(=O)NC(Cc1ccccc1)C(=O)OC(C)(C)C)N(CCCC)C(=O)C(CC(N)=O)NC(=O)OC(C)(C)C. The third kappa shape index (κ3) is 12.8. The number of hydrogen-bond acceptors (Lipinski definition) is 7. The minimum Gasteiger partial charge on any atom is -0.458 e. The monoisotopic (exact) mass is 648 g/mol. The molecule has 0 bridgehead atoms.